The van der Waals surface area contributed by atoms with Gasteiger partial charge in [-0.2, -0.15) is 38.5 Å². The molecule has 258 valence electrons. The van der Waals surface area contributed by atoms with Gasteiger partial charge in [0.15, 0.2) is 0 Å². The molecule has 1 aromatic carbocycles. The summed E-state index contributed by atoms with van der Waals surface area (Å²) in [5.74, 6) is 0. The molecule has 0 aliphatic carbocycles. The predicted octanol–water partition coefficient (Wildman–Crippen LogP) is 4.72. The smallest absolute Gasteiger partial charge is 0.377 e. The Morgan fingerprint density at radius 2 is 0.413 bits per heavy atom. The summed E-state index contributed by atoms with van der Waals surface area (Å²) in [6.45, 7) is 40.6. The van der Waals surface area contributed by atoms with Gasteiger partial charge in [0, 0.05) is 0 Å². The van der Waals surface area contributed by atoms with Gasteiger partial charge in [-0.15, -0.1) is 0 Å². The molecule has 2 aliphatic rings. The van der Waals surface area contributed by atoms with Crippen LogP contribution in [0.5, 0.6) is 0 Å². The maximum absolute atomic E-state index is 4.94. The first-order valence-electron chi connectivity index (χ1n) is 16.6. The zero-order valence-electron chi connectivity index (χ0n) is 32.9. The summed E-state index contributed by atoms with van der Waals surface area (Å²) >= 11 is 0. The van der Waals surface area contributed by atoms with Gasteiger partial charge in [0.1, 0.15) is 0 Å². The Morgan fingerprint density at radius 3 is 0.457 bits per heavy atom. The van der Waals surface area contributed by atoms with Gasteiger partial charge >= 0.3 is 83.8 Å². The Bertz CT molecular complexity index is 326. The minimum absolute atomic E-state index is 0. The summed E-state index contributed by atoms with van der Waals surface area (Å²) in [7, 11) is 0. The quantitative estimate of drug-likeness (QED) is 0.328. The zero-order chi connectivity index (χ0) is 33.2. The molecule has 0 amide bonds. The molecule has 0 aromatic heterocycles. The maximum Gasteiger partial charge on any atom is 2.00 e. The summed E-state index contributed by atoms with van der Waals surface area (Å²) in [5.41, 5.74) is 0. The number of ether oxygens (including phenoxy) is 4. The van der Waals surface area contributed by atoms with Crippen LogP contribution in [0, 0.1) is 41.5 Å². The molecule has 8 heteroatoms. The minimum Gasteiger partial charge on any atom is -0.377 e. The van der Waals surface area contributed by atoms with E-state index >= 15 is 0 Å². The fourth-order valence-corrected chi connectivity index (χ4v) is 1.26. The van der Waals surface area contributed by atoms with Gasteiger partial charge in [-0.1, -0.05) is 116 Å². The maximum atomic E-state index is 4.94. The van der Waals surface area contributed by atoms with E-state index < -0.39 is 0 Å². The van der Waals surface area contributed by atoms with Crippen LogP contribution in [0.1, 0.15) is 119 Å². The van der Waals surface area contributed by atoms with E-state index in [0.29, 0.717) is 0 Å². The molecule has 0 radical (unpaired) electrons. The molecule has 0 N–H and O–H groups in total. The van der Waals surface area contributed by atoms with Crippen LogP contribution in [0.25, 0.3) is 0 Å². The van der Waals surface area contributed by atoms with Crippen molar-refractivity contribution in [3.8, 4) is 0 Å². The SMILES string of the molecule is C1COCCO1.C1COCCO1.[CH2-]CCC.[CH2-]CCC.[CH2-]CCC.[CH2-]CCC.[CH2-]CCC.[CH2-]CCC.[Li+].[Li+].[Mg+2].[Mg+2].c1ccccc1. The molecule has 3 rings (SSSR count). The number of hydrogen-bond acceptors (Lipinski definition) is 4. The van der Waals surface area contributed by atoms with E-state index in [-0.39, 0.29) is 83.8 Å². The first-order chi connectivity index (χ1) is 20.5. The van der Waals surface area contributed by atoms with E-state index in [0.717, 1.165) is 91.4 Å². The van der Waals surface area contributed by atoms with Gasteiger partial charge in [0.05, 0.1) is 52.9 Å². The van der Waals surface area contributed by atoms with E-state index in [9.17, 15) is 0 Å². The van der Waals surface area contributed by atoms with Crippen molar-refractivity contribution >= 4 is 46.1 Å². The van der Waals surface area contributed by atoms with Crippen molar-refractivity contribution in [2.45, 2.75) is 119 Å². The van der Waals surface area contributed by atoms with Crippen LogP contribution in [0.4, 0.5) is 0 Å². The van der Waals surface area contributed by atoms with Crippen LogP contribution in [0.15, 0.2) is 36.4 Å². The first-order valence-corrected chi connectivity index (χ1v) is 16.6. The van der Waals surface area contributed by atoms with Crippen molar-refractivity contribution in [2.75, 3.05) is 52.9 Å². The van der Waals surface area contributed by atoms with Crippen molar-refractivity contribution in [1.82, 2.24) is 0 Å². The van der Waals surface area contributed by atoms with E-state index in [2.05, 4.69) is 83.1 Å². The molecular formula is C38H76Li2Mg2O4. The van der Waals surface area contributed by atoms with Gasteiger partial charge in [-0.3, -0.25) is 0 Å². The normalized spacial score (nSPS) is 11.2. The van der Waals surface area contributed by atoms with Gasteiger partial charge in [0.25, 0.3) is 0 Å². The van der Waals surface area contributed by atoms with Gasteiger partial charge in [0.2, 0.25) is 0 Å². The zero-order valence-corrected chi connectivity index (χ0v) is 35.7. The Morgan fingerprint density at radius 1 is 0.326 bits per heavy atom. The van der Waals surface area contributed by atoms with Crippen LogP contribution in [-0.2, 0) is 18.9 Å². The number of benzene rings is 1. The summed E-state index contributed by atoms with van der Waals surface area (Å²) in [4.78, 5) is 0. The fourth-order valence-electron chi connectivity index (χ4n) is 1.26. The third kappa shape index (κ3) is 138. The van der Waals surface area contributed by atoms with Crippen molar-refractivity contribution in [2.24, 2.45) is 0 Å². The van der Waals surface area contributed by atoms with E-state index in [1.54, 1.807) is 0 Å². The molecule has 2 fully saturated rings. The predicted molar refractivity (Wildman–Crippen MR) is 203 cm³/mol. The first kappa shape index (κ1) is 73.3. The number of hydrogen-bond donors (Lipinski definition) is 0. The monoisotopic (exact) mass is 659 g/mol. The van der Waals surface area contributed by atoms with Gasteiger partial charge in [-0.25, -0.2) is 0 Å². The van der Waals surface area contributed by atoms with Crippen LogP contribution < -0.4 is 37.7 Å². The standard InChI is InChI=1S/C6H6.2C4H8O2.6C4H9.2Li.2Mg/c1-2-4-6-5-3-1;2*1-2-6-4-3-5-1;6*1-3-4-2;;;;/h1-6H;2*1-4H2;6*1,3-4H2,2H3;;;;/q;;;6*-1;2*+1;2*+2. The molecule has 2 saturated heterocycles. The third-order valence-corrected chi connectivity index (χ3v) is 4.28. The Balaban J connectivity index is -0.0000000395. The van der Waals surface area contributed by atoms with Crippen molar-refractivity contribution < 1.29 is 56.7 Å². The van der Waals surface area contributed by atoms with Crippen LogP contribution in [0.2, 0.25) is 0 Å². The Labute approximate surface area is 349 Å². The molecule has 2 aliphatic heterocycles. The summed E-state index contributed by atoms with van der Waals surface area (Å²) in [5, 5.41) is 0. The van der Waals surface area contributed by atoms with Crippen molar-refractivity contribution in [3.63, 3.8) is 0 Å². The molecule has 2 heterocycles. The molecule has 0 bridgehead atoms. The van der Waals surface area contributed by atoms with E-state index in [1.807, 2.05) is 36.4 Å². The summed E-state index contributed by atoms with van der Waals surface area (Å²) in [6, 6.07) is 12.0. The summed E-state index contributed by atoms with van der Waals surface area (Å²) < 4.78 is 19.8. The molecule has 0 unspecified atom stereocenters. The van der Waals surface area contributed by atoms with E-state index in [1.165, 1.54) is 38.5 Å². The Hall–Kier alpha value is 1.79. The van der Waals surface area contributed by atoms with Crippen LogP contribution in [-0.4, -0.2) is 99.0 Å². The third-order valence-electron chi connectivity index (χ3n) is 4.28. The van der Waals surface area contributed by atoms with Gasteiger partial charge < -0.3 is 60.5 Å². The minimum atomic E-state index is 0. The van der Waals surface area contributed by atoms with Crippen LogP contribution >= 0.6 is 0 Å². The second kappa shape index (κ2) is 97.1. The molecule has 4 nitrogen and oxygen atoms in total. The van der Waals surface area contributed by atoms with Crippen LogP contribution in [0.3, 0.4) is 0 Å². The Kier molecular flexibility index (Phi) is 155. The second-order valence-corrected chi connectivity index (χ2v) is 8.73. The fraction of sp³-hybridized carbons (Fsp3) is 0.684. The summed E-state index contributed by atoms with van der Waals surface area (Å²) in [6.07, 6.45) is 13.7. The largest absolute Gasteiger partial charge is 2.00 e. The van der Waals surface area contributed by atoms with Gasteiger partial charge in [-0.05, 0) is 0 Å². The number of rotatable bonds is 6. The number of unbranched alkanes of at least 4 members (excludes halogenated alkanes) is 6. The second-order valence-electron chi connectivity index (χ2n) is 8.73. The van der Waals surface area contributed by atoms with E-state index in [4.69, 9.17) is 18.9 Å². The molecular weight excluding hydrogens is 583 g/mol. The molecule has 1 aromatic rings. The molecule has 46 heavy (non-hydrogen) atoms. The molecule has 0 spiro atoms. The average molecular weight is 660 g/mol. The topological polar surface area (TPSA) is 36.9 Å². The van der Waals surface area contributed by atoms with Crippen molar-refractivity contribution in [1.29, 1.82) is 0 Å². The molecule has 0 atom stereocenters. The average Bonchev–Trinajstić information content (AvgIpc) is 3.11. The molecule has 0 saturated carbocycles. The van der Waals surface area contributed by atoms with Crippen molar-refractivity contribution in [3.05, 3.63) is 77.9 Å².